The van der Waals surface area contributed by atoms with Crippen LogP contribution in [-0.4, -0.2) is 4.57 Å². The van der Waals surface area contributed by atoms with E-state index < -0.39 is 0 Å². The van der Waals surface area contributed by atoms with E-state index in [0.29, 0.717) is 5.39 Å². The van der Waals surface area contributed by atoms with Gasteiger partial charge in [-0.2, -0.15) is 0 Å². The van der Waals surface area contributed by atoms with Crippen molar-refractivity contribution < 1.29 is 4.39 Å². The van der Waals surface area contributed by atoms with E-state index in [4.69, 9.17) is 0 Å². The van der Waals surface area contributed by atoms with Crippen LogP contribution in [0.15, 0.2) is 60.1 Å². The van der Waals surface area contributed by atoms with Crippen molar-refractivity contribution >= 4 is 32.3 Å². The highest BCUT2D eigenvalue weighted by molar-refractivity contribution is 7.17. The van der Waals surface area contributed by atoms with Gasteiger partial charge in [0.05, 0.1) is 5.52 Å². The molecule has 0 atom stereocenters. The second-order valence-corrected chi connectivity index (χ2v) is 5.78. The highest BCUT2D eigenvalue weighted by Crippen LogP contribution is 2.28. The number of thiophene rings is 1. The number of hydrogen-bond donors (Lipinski definition) is 0. The SMILES string of the molecule is Fc1cccc2c1ccn2Cc1csc2ccccc12. The summed E-state index contributed by atoms with van der Waals surface area (Å²) >= 11 is 1.76. The van der Waals surface area contributed by atoms with Gasteiger partial charge in [-0.05, 0) is 40.6 Å². The molecule has 0 spiro atoms. The van der Waals surface area contributed by atoms with Crippen molar-refractivity contribution in [3.8, 4) is 0 Å². The van der Waals surface area contributed by atoms with Crippen molar-refractivity contribution in [2.24, 2.45) is 0 Å². The second-order valence-electron chi connectivity index (χ2n) is 4.87. The highest BCUT2D eigenvalue weighted by Gasteiger charge is 2.08. The van der Waals surface area contributed by atoms with Gasteiger partial charge in [0.2, 0.25) is 0 Å². The predicted molar refractivity (Wildman–Crippen MR) is 82.8 cm³/mol. The molecule has 0 aliphatic carbocycles. The van der Waals surface area contributed by atoms with E-state index in [9.17, 15) is 4.39 Å². The third kappa shape index (κ3) is 1.74. The van der Waals surface area contributed by atoms with Crippen molar-refractivity contribution in [2.75, 3.05) is 0 Å². The van der Waals surface area contributed by atoms with Crippen LogP contribution >= 0.6 is 11.3 Å². The van der Waals surface area contributed by atoms with Crippen molar-refractivity contribution in [1.82, 2.24) is 4.57 Å². The number of fused-ring (bicyclic) bond motifs is 2. The molecule has 1 nitrogen and oxygen atoms in total. The Kier molecular flexibility index (Phi) is 2.60. The molecule has 4 aromatic rings. The van der Waals surface area contributed by atoms with Crippen LogP contribution in [0.1, 0.15) is 5.56 Å². The van der Waals surface area contributed by atoms with Crippen LogP contribution in [0.2, 0.25) is 0 Å². The number of rotatable bonds is 2. The Morgan fingerprint density at radius 3 is 2.80 bits per heavy atom. The molecule has 98 valence electrons. The summed E-state index contributed by atoms with van der Waals surface area (Å²) in [5, 5.41) is 4.17. The van der Waals surface area contributed by atoms with Crippen LogP contribution in [0.5, 0.6) is 0 Å². The molecule has 20 heavy (non-hydrogen) atoms. The van der Waals surface area contributed by atoms with E-state index in [1.54, 1.807) is 17.4 Å². The van der Waals surface area contributed by atoms with Crippen LogP contribution in [-0.2, 0) is 6.54 Å². The van der Waals surface area contributed by atoms with Gasteiger partial charge in [-0.15, -0.1) is 11.3 Å². The molecule has 0 bridgehead atoms. The van der Waals surface area contributed by atoms with Crippen molar-refractivity contribution in [2.45, 2.75) is 6.54 Å². The average Bonchev–Trinajstić information content (AvgIpc) is 3.06. The monoisotopic (exact) mass is 281 g/mol. The van der Waals surface area contributed by atoms with Crippen molar-refractivity contribution in [3.05, 3.63) is 71.5 Å². The first kappa shape index (κ1) is 11.7. The molecule has 2 aromatic carbocycles. The fraction of sp³-hybridized carbons (Fsp3) is 0.0588. The number of benzene rings is 2. The molecule has 0 fully saturated rings. The average molecular weight is 281 g/mol. The Bertz CT molecular complexity index is 904. The third-order valence-corrected chi connectivity index (χ3v) is 4.67. The summed E-state index contributed by atoms with van der Waals surface area (Å²) in [4.78, 5) is 0. The van der Waals surface area contributed by atoms with Gasteiger partial charge in [0, 0.05) is 22.8 Å². The molecule has 4 rings (SSSR count). The first-order valence-electron chi connectivity index (χ1n) is 6.51. The summed E-state index contributed by atoms with van der Waals surface area (Å²) in [5.74, 6) is -0.156. The van der Waals surface area contributed by atoms with E-state index in [1.165, 1.54) is 21.7 Å². The largest absolute Gasteiger partial charge is 0.343 e. The van der Waals surface area contributed by atoms with E-state index in [0.717, 1.165) is 12.1 Å². The van der Waals surface area contributed by atoms with Crippen molar-refractivity contribution in [3.63, 3.8) is 0 Å². The maximum atomic E-state index is 13.7. The molecule has 0 N–H and O–H groups in total. The lowest BCUT2D eigenvalue weighted by atomic mass is 10.2. The zero-order valence-corrected chi connectivity index (χ0v) is 11.5. The molecule has 0 saturated carbocycles. The van der Waals surface area contributed by atoms with Crippen LogP contribution < -0.4 is 0 Å². The summed E-state index contributed by atoms with van der Waals surface area (Å²) < 4.78 is 17.1. The highest BCUT2D eigenvalue weighted by atomic mass is 32.1. The van der Waals surface area contributed by atoms with Gasteiger partial charge in [-0.3, -0.25) is 0 Å². The number of aromatic nitrogens is 1. The minimum Gasteiger partial charge on any atom is -0.343 e. The maximum absolute atomic E-state index is 13.7. The fourth-order valence-corrected chi connectivity index (χ4v) is 3.62. The minimum atomic E-state index is -0.156. The van der Waals surface area contributed by atoms with E-state index in [2.05, 4.69) is 34.2 Å². The number of halogens is 1. The Morgan fingerprint density at radius 1 is 0.950 bits per heavy atom. The zero-order valence-electron chi connectivity index (χ0n) is 10.7. The standard InChI is InChI=1S/C17H12FNS/c18-15-5-3-6-16-14(15)8-9-19(16)10-12-11-20-17-7-2-1-4-13(12)17/h1-9,11H,10H2. The summed E-state index contributed by atoms with van der Waals surface area (Å²) in [5.41, 5.74) is 2.23. The summed E-state index contributed by atoms with van der Waals surface area (Å²) in [6.07, 6.45) is 1.96. The van der Waals surface area contributed by atoms with E-state index in [1.807, 2.05) is 18.3 Å². The molecule has 3 heteroatoms. The Balaban J connectivity index is 1.83. The molecule has 0 amide bonds. The molecule has 0 aliphatic heterocycles. The lowest BCUT2D eigenvalue weighted by Gasteiger charge is -2.05. The lowest BCUT2D eigenvalue weighted by Crippen LogP contribution is -1.96. The first-order valence-corrected chi connectivity index (χ1v) is 7.39. The Morgan fingerprint density at radius 2 is 1.85 bits per heavy atom. The van der Waals surface area contributed by atoms with Gasteiger partial charge in [0.25, 0.3) is 0 Å². The van der Waals surface area contributed by atoms with Gasteiger partial charge in [-0.25, -0.2) is 4.39 Å². The van der Waals surface area contributed by atoms with Crippen LogP contribution in [0, 0.1) is 5.82 Å². The lowest BCUT2D eigenvalue weighted by molar-refractivity contribution is 0.639. The van der Waals surface area contributed by atoms with Crippen LogP contribution in [0.25, 0.3) is 21.0 Å². The fourth-order valence-electron chi connectivity index (χ4n) is 2.66. The summed E-state index contributed by atoms with van der Waals surface area (Å²) in [7, 11) is 0. The molecule has 0 saturated heterocycles. The normalized spacial score (nSPS) is 11.4. The molecule has 0 radical (unpaired) electrons. The van der Waals surface area contributed by atoms with Gasteiger partial charge in [0.1, 0.15) is 5.82 Å². The smallest absolute Gasteiger partial charge is 0.132 e. The Hall–Kier alpha value is -2.13. The molecular weight excluding hydrogens is 269 g/mol. The molecule has 0 unspecified atom stereocenters. The van der Waals surface area contributed by atoms with Gasteiger partial charge in [-0.1, -0.05) is 24.3 Å². The molecule has 2 heterocycles. The van der Waals surface area contributed by atoms with Crippen molar-refractivity contribution in [1.29, 1.82) is 0 Å². The topological polar surface area (TPSA) is 4.93 Å². The molecular formula is C17H12FNS. The van der Waals surface area contributed by atoms with E-state index in [-0.39, 0.29) is 5.82 Å². The molecule has 2 aromatic heterocycles. The third-order valence-electron chi connectivity index (χ3n) is 3.66. The minimum absolute atomic E-state index is 0.156. The predicted octanol–water partition coefficient (Wildman–Crippen LogP) is 5.04. The number of hydrogen-bond acceptors (Lipinski definition) is 1. The van der Waals surface area contributed by atoms with Gasteiger partial charge < -0.3 is 4.57 Å². The quantitative estimate of drug-likeness (QED) is 0.485. The maximum Gasteiger partial charge on any atom is 0.132 e. The van der Waals surface area contributed by atoms with Crippen LogP contribution in [0.4, 0.5) is 4.39 Å². The molecule has 0 aliphatic rings. The van der Waals surface area contributed by atoms with Crippen LogP contribution in [0.3, 0.4) is 0 Å². The van der Waals surface area contributed by atoms with Gasteiger partial charge in [0.15, 0.2) is 0 Å². The first-order chi connectivity index (χ1) is 9.83. The summed E-state index contributed by atoms with van der Waals surface area (Å²) in [6, 6.07) is 15.5. The van der Waals surface area contributed by atoms with Gasteiger partial charge >= 0.3 is 0 Å². The van der Waals surface area contributed by atoms with E-state index >= 15 is 0 Å². The number of nitrogens with zero attached hydrogens (tertiary/aromatic N) is 1. The zero-order chi connectivity index (χ0) is 13.5. The second kappa shape index (κ2) is 4.46. The summed E-state index contributed by atoms with van der Waals surface area (Å²) in [6.45, 7) is 0.775. The Labute approximate surface area is 119 Å².